The second-order valence-corrected chi connectivity index (χ2v) is 4.07. The molecule has 0 saturated carbocycles. The highest BCUT2D eigenvalue weighted by Crippen LogP contribution is 2.19. The average Bonchev–Trinajstić information content (AvgIpc) is 2.81. The number of nitrogens with one attached hydrogen (secondary N) is 1. The number of hydrogen-bond donors (Lipinski definition) is 1. The van der Waals surface area contributed by atoms with Crippen LogP contribution in [0, 0.1) is 0 Å². The van der Waals surface area contributed by atoms with E-state index in [9.17, 15) is 18.0 Å². The molecule has 0 unspecified atom stereocenters. The summed E-state index contributed by atoms with van der Waals surface area (Å²) >= 11 is 0. The lowest BCUT2D eigenvalue weighted by Gasteiger charge is -2.22. The van der Waals surface area contributed by atoms with E-state index in [1.807, 2.05) is 0 Å². The number of imidazole rings is 1. The molecular formula is C12H12F3N3O. The molecule has 1 heterocycles. The molecule has 0 radical (unpaired) electrons. The van der Waals surface area contributed by atoms with Crippen molar-refractivity contribution in [3.8, 4) is 0 Å². The van der Waals surface area contributed by atoms with Crippen molar-refractivity contribution in [3.63, 3.8) is 0 Å². The molecular weight excluding hydrogens is 259 g/mol. The van der Waals surface area contributed by atoms with Crippen molar-refractivity contribution in [2.24, 2.45) is 0 Å². The molecule has 0 atom stereocenters. The summed E-state index contributed by atoms with van der Waals surface area (Å²) in [4.78, 5) is 19.6. The van der Waals surface area contributed by atoms with E-state index in [0.717, 1.165) is 4.90 Å². The van der Waals surface area contributed by atoms with Crippen molar-refractivity contribution >= 4 is 16.9 Å². The Morgan fingerprint density at radius 2 is 2.16 bits per heavy atom. The van der Waals surface area contributed by atoms with Gasteiger partial charge in [0, 0.05) is 12.1 Å². The quantitative estimate of drug-likeness (QED) is 0.932. The van der Waals surface area contributed by atoms with Gasteiger partial charge in [0.1, 0.15) is 6.54 Å². The third kappa shape index (κ3) is 3.04. The van der Waals surface area contributed by atoms with Gasteiger partial charge < -0.3 is 9.88 Å². The first kappa shape index (κ1) is 13.4. The highest BCUT2D eigenvalue weighted by molar-refractivity contribution is 5.97. The Labute approximate surface area is 107 Å². The first-order valence-electron chi connectivity index (χ1n) is 5.70. The van der Waals surface area contributed by atoms with E-state index < -0.39 is 18.6 Å². The maximum absolute atomic E-state index is 12.4. The van der Waals surface area contributed by atoms with Gasteiger partial charge in [-0.2, -0.15) is 13.2 Å². The van der Waals surface area contributed by atoms with E-state index in [1.165, 1.54) is 25.4 Å². The predicted molar refractivity (Wildman–Crippen MR) is 63.7 cm³/mol. The fourth-order valence-corrected chi connectivity index (χ4v) is 1.79. The number of halogens is 3. The first-order valence-corrected chi connectivity index (χ1v) is 5.70. The highest BCUT2D eigenvalue weighted by atomic mass is 19.4. The molecule has 19 heavy (non-hydrogen) atoms. The third-order valence-corrected chi connectivity index (χ3v) is 2.71. The van der Waals surface area contributed by atoms with Crippen LogP contribution in [0.4, 0.5) is 13.2 Å². The van der Waals surface area contributed by atoms with Gasteiger partial charge >= 0.3 is 6.18 Å². The number of benzene rings is 1. The first-order chi connectivity index (χ1) is 8.90. The molecule has 0 spiro atoms. The number of hydrogen-bond acceptors (Lipinski definition) is 2. The Balaban J connectivity index is 2.25. The van der Waals surface area contributed by atoms with Crippen molar-refractivity contribution in [2.75, 3.05) is 13.1 Å². The monoisotopic (exact) mass is 271 g/mol. The van der Waals surface area contributed by atoms with Crippen molar-refractivity contribution in [1.82, 2.24) is 14.9 Å². The minimum absolute atomic E-state index is 0.000638. The van der Waals surface area contributed by atoms with E-state index in [0.29, 0.717) is 11.0 Å². The van der Waals surface area contributed by atoms with Gasteiger partial charge in [-0.05, 0) is 25.1 Å². The molecule has 0 aliphatic heterocycles. The van der Waals surface area contributed by atoms with E-state index in [4.69, 9.17) is 0 Å². The summed E-state index contributed by atoms with van der Waals surface area (Å²) < 4.78 is 37.1. The van der Waals surface area contributed by atoms with Crippen LogP contribution < -0.4 is 0 Å². The predicted octanol–water partition coefficient (Wildman–Crippen LogP) is 2.59. The van der Waals surface area contributed by atoms with Crippen molar-refractivity contribution in [1.29, 1.82) is 0 Å². The Bertz CT molecular complexity index is 591. The number of carbonyl (C=O) groups is 1. The Hall–Kier alpha value is -2.05. The number of carbonyl (C=O) groups excluding carboxylic acids is 1. The van der Waals surface area contributed by atoms with Crippen LogP contribution >= 0.6 is 0 Å². The van der Waals surface area contributed by atoms with Crippen LogP contribution in [0.5, 0.6) is 0 Å². The van der Waals surface area contributed by atoms with Crippen LogP contribution in [0.3, 0.4) is 0 Å². The summed E-state index contributed by atoms with van der Waals surface area (Å²) in [5, 5.41) is 0. The summed E-state index contributed by atoms with van der Waals surface area (Å²) in [6.45, 7) is 0.265. The standard InChI is InChI=1S/C12H12F3N3O/c1-2-18(6-12(13,14)15)11(19)8-3-4-9-10(5-8)17-7-16-9/h3-5,7H,2,6H2,1H3,(H,16,17). The number of aromatic amines is 1. The molecule has 2 rings (SSSR count). The number of H-pyrrole nitrogens is 1. The molecule has 1 aromatic carbocycles. The highest BCUT2D eigenvalue weighted by Gasteiger charge is 2.32. The van der Waals surface area contributed by atoms with Crippen molar-refractivity contribution in [3.05, 3.63) is 30.1 Å². The van der Waals surface area contributed by atoms with Crippen LogP contribution in [0.2, 0.25) is 0 Å². The lowest BCUT2D eigenvalue weighted by Crippen LogP contribution is -2.38. The van der Waals surface area contributed by atoms with Gasteiger partial charge in [-0.25, -0.2) is 4.98 Å². The summed E-state index contributed by atoms with van der Waals surface area (Å²) in [7, 11) is 0. The number of amides is 1. The Morgan fingerprint density at radius 3 is 2.79 bits per heavy atom. The number of fused-ring (bicyclic) bond motifs is 1. The van der Waals surface area contributed by atoms with Gasteiger partial charge in [0.15, 0.2) is 0 Å². The van der Waals surface area contributed by atoms with Crippen LogP contribution in [0.15, 0.2) is 24.5 Å². The molecule has 0 aliphatic rings. The van der Waals surface area contributed by atoms with Gasteiger partial charge in [0.2, 0.25) is 0 Å². The van der Waals surface area contributed by atoms with Crippen LogP contribution in [0.25, 0.3) is 11.0 Å². The molecule has 0 aliphatic carbocycles. The summed E-state index contributed by atoms with van der Waals surface area (Å²) in [6.07, 6.45) is -2.93. The molecule has 1 N–H and O–H groups in total. The molecule has 2 aromatic rings. The Kier molecular flexibility index (Phi) is 3.46. The third-order valence-electron chi connectivity index (χ3n) is 2.71. The van der Waals surface area contributed by atoms with Gasteiger partial charge in [0.25, 0.3) is 5.91 Å². The van der Waals surface area contributed by atoms with E-state index in [-0.39, 0.29) is 12.1 Å². The van der Waals surface area contributed by atoms with Crippen LogP contribution in [-0.2, 0) is 0 Å². The minimum Gasteiger partial charge on any atom is -0.345 e. The fourth-order valence-electron chi connectivity index (χ4n) is 1.79. The number of rotatable bonds is 3. The van der Waals surface area contributed by atoms with Gasteiger partial charge in [0.05, 0.1) is 17.4 Å². The number of alkyl halides is 3. The molecule has 1 amide bonds. The molecule has 102 valence electrons. The summed E-state index contributed by atoms with van der Waals surface area (Å²) in [5.41, 5.74) is 1.49. The van der Waals surface area contributed by atoms with E-state index in [1.54, 1.807) is 6.07 Å². The lowest BCUT2D eigenvalue weighted by atomic mass is 10.1. The van der Waals surface area contributed by atoms with Gasteiger partial charge in [-0.3, -0.25) is 4.79 Å². The van der Waals surface area contributed by atoms with Crippen LogP contribution in [-0.4, -0.2) is 40.0 Å². The molecule has 0 fully saturated rings. The number of aromatic nitrogens is 2. The van der Waals surface area contributed by atoms with Crippen LogP contribution in [0.1, 0.15) is 17.3 Å². The smallest absolute Gasteiger partial charge is 0.345 e. The largest absolute Gasteiger partial charge is 0.406 e. The normalized spacial score (nSPS) is 11.8. The second-order valence-electron chi connectivity index (χ2n) is 4.07. The van der Waals surface area contributed by atoms with E-state index in [2.05, 4.69) is 9.97 Å². The minimum atomic E-state index is -4.40. The molecule has 0 saturated heterocycles. The van der Waals surface area contributed by atoms with Crippen molar-refractivity contribution < 1.29 is 18.0 Å². The molecule has 0 bridgehead atoms. The molecule has 1 aromatic heterocycles. The van der Waals surface area contributed by atoms with Gasteiger partial charge in [-0.15, -0.1) is 0 Å². The molecule has 7 heteroatoms. The SMILES string of the molecule is CCN(CC(F)(F)F)C(=O)c1ccc2nc[nH]c2c1. The fraction of sp³-hybridized carbons (Fsp3) is 0.333. The zero-order chi connectivity index (χ0) is 14.0. The summed E-state index contributed by atoms with van der Waals surface area (Å²) in [6, 6.07) is 4.58. The zero-order valence-corrected chi connectivity index (χ0v) is 10.2. The number of nitrogens with zero attached hydrogens (tertiary/aromatic N) is 2. The maximum atomic E-state index is 12.4. The summed E-state index contributed by atoms with van der Waals surface area (Å²) in [5.74, 6) is -0.642. The Morgan fingerprint density at radius 1 is 1.42 bits per heavy atom. The lowest BCUT2D eigenvalue weighted by molar-refractivity contribution is -0.140. The maximum Gasteiger partial charge on any atom is 0.406 e. The zero-order valence-electron chi connectivity index (χ0n) is 10.2. The van der Waals surface area contributed by atoms with Crippen molar-refractivity contribution in [2.45, 2.75) is 13.1 Å². The molecule has 4 nitrogen and oxygen atoms in total. The second kappa shape index (κ2) is 4.91. The average molecular weight is 271 g/mol. The van der Waals surface area contributed by atoms with E-state index >= 15 is 0 Å². The topological polar surface area (TPSA) is 49.0 Å². The van der Waals surface area contributed by atoms with Gasteiger partial charge in [-0.1, -0.05) is 0 Å².